The zero-order chi connectivity index (χ0) is 11.5. The number of pyridine rings is 1. The van der Waals surface area contributed by atoms with Crippen molar-refractivity contribution in [3.63, 3.8) is 0 Å². The van der Waals surface area contributed by atoms with Gasteiger partial charge in [0.1, 0.15) is 5.82 Å². The molecule has 2 aromatic rings. The van der Waals surface area contributed by atoms with E-state index >= 15 is 0 Å². The minimum absolute atomic E-state index is 0.946. The largest absolute Gasteiger partial charge is 0.367 e. The van der Waals surface area contributed by atoms with Gasteiger partial charge in [-0.05, 0) is 17.7 Å². The first-order valence-electron chi connectivity index (χ1n) is 5.91. The highest BCUT2D eigenvalue weighted by molar-refractivity contribution is 5.67. The molecule has 1 aromatic heterocycles. The minimum Gasteiger partial charge on any atom is -0.367 e. The van der Waals surface area contributed by atoms with Crippen molar-refractivity contribution in [2.45, 2.75) is 6.54 Å². The summed E-state index contributed by atoms with van der Waals surface area (Å²) in [5, 5.41) is 3.33. The molecule has 0 saturated heterocycles. The molecule has 3 heteroatoms. The van der Waals surface area contributed by atoms with Crippen molar-refractivity contribution in [1.82, 2.24) is 4.98 Å². The third-order valence-corrected chi connectivity index (χ3v) is 3.02. The summed E-state index contributed by atoms with van der Waals surface area (Å²) in [7, 11) is 0. The second-order valence-corrected chi connectivity index (χ2v) is 4.21. The van der Waals surface area contributed by atoms with Gasteiger partial charge in [-0.1, -0.05) is 30.3 Å². The first-order valence-corrected chi connectivity index (χ1v) is 5.91. The van der Waals surface area contributed by atoms with Gasteiger partial charge in [-0.2, -0.15) is 0 Å². The molecule has 0 fully saturated rings. The Morgan fingerprint density at radius 1 is 1.12 bits per heavy atom. The van der Waals surface area contributed by atoms with Gasteiger partial charge >= 0.3 is 0 Å². The van der Waals surface area contributed by atoms with Gasteiger partial charge in [-0.3, -0.25) is 0 Å². The smallest absolute Gasteiger partial charge is 0.149 e. The van der Waals surface area contributed by atoms with E-state index in [0.717, 1.165) is 25.5 Å². The zero-order valence-electron chi connectivity index (χ0n) is 9.63. The number of fused-ring (bicyclic) bond motifs is 1. The van der Waals surface area contributed by atoms with Crippen molar-refractivity contribution in [2.24, 2.45) is 0 Å². The molecule has 0 saturated carbocycles. The quantitative estimate of drug-likeness (QED) is 0.851. The van der Waals surface area contributed by atoms with E-state index in [4.69, 9.17) is 0 Å². The molecule has 86 valence electrons. The number of aromatic nitrogens is 1. The van der Waals surface area contributed by atoms with Gasteiger partial charge in [0, 0.05) is 25.8 Å². The number of hydrogen-bond acceptors (Lipinski definition) is 3. The van der Waals surface area contributed by atoms with Crippen LogP contribution in [0.15, 0.2) is 48.7 Å². The van der Waals surface area contributed by atoms with Gasteiger partial charge in [0.2, 0.25) is 0 Å². The van der Waals surface area contributed by atoms with Crippen LogP contribution in [0.5, 0.6) is 0 Å². The summed E-state index contributed by atoms with van der Waals surface area (Å²) in [6.45, 7) is 2.92. The maximum atomic E-state index is 4.36. The monoisotopic (exact) mass is 225 g/mol. The Kier molecular flexibility index (Phi) is 2.66. The van der Waals surface area contributed by atoms with Crippen molar-refractivity contribution < 1.29 is 0 Å². The number of nitrogens with zero attached hydrogens (tertiary/aromatic N) is 2. The van der Waals surface area contributed by atoms with Crippen LogP contribution >= 0.6 is 0 Å². The average molecular weight is 225 g/mol. The van der Waals surface area contributed by atoms with Gasteiger partial charge in [0.25, 0.3) is 0 Å². The van der Waals surface area contributed by atoms with Crippen LogP contribution in [0.3, 0.4) is 0 Å². The average Bonchev–Trinajstić information content (AvgIpc) is 2.40. The van der Waals surface area contributed by atoms with Crippen LogP contribution in [0.4, 0.5) is 11.5 Å². The molecule has 2 heterocycles. The number of rotatable bonds is 2. The van der Waals surface area contributed by atoms with Gasteiger partial charge in [-0.15, -0.1) is 0 Å². The molecule has 3 nitrogen and oxygen atoms in total. The maximum Gasteiger partial charge on any atom is 0.149 e. The summed E-state index contributed by atoms with van der Waals surface area (Å²) in [6, 6.07) is 14.7. The van der Waals surface area contributed by atoms with Crippen molar-refractivity contribution in [3.8, 4) is 0 Å². The van der Waals surface area contributed by atoms with Crippen LogP contribution in [0.25, 0.3) is 0 Å². The predicted molar refractivity (Wildman–Crippen MR) is 70.2 cm³/mol. The van der Waals surface area contributed by atoms with E-state index in [-0.39, 0.29) is 0 Å². The van der Waals surface area contributed by atoms with Crippen LogP contribution in [0.1, 0.15) is 5.56 Å². The number of hydrogen-bond donors (Lipinski definition) is 1. The third kappa shape index (κ3) is 2.09. The molecule has 1 aliphatic rings. The van der Waals surface area contributed by atoms with E-state index in [2.05, 4.69) is 51.6 Å². The molecule has 1 aliphatic heterocycles. The highest BCUT2D eigenvalue weighted by Crippen LogP contribution is 2.27. The zero-order valence-corrected chi connectivity index (χ0v) is 9.63. The van der Waals surface area contributed by atoms with E-state index in [1.54, 1.807) is 0 Å². The number of benzene rings is 1. The first kappa shape index (κ1) is 10.1. The predicted octanol–water partition coefficient (Wildman–Crippen LogP) is 2.51. The van der Waals surface area contributed by atoms with E-state index in [0.29, 0.717) is 0 Å². The molecule has 0 amide bonds. The number of nitrogens with one attached hydrogen (secondary N) is 1. The number of anilines is 2. The second kappa shape index (κ2) is 4.45. The molecule has 0 atom stereocenters. The summed E-state index contributed by atoms with van der Waals surface area (Å²) in [6.07, 6.45) is 1.83. The first-order chi connectivity index (χ1) is 8.43. The maximum absolute atomic E-state index is 4.36. The van der Waals surface area contributed by atoms with Gasteiger partial charge in [-0.25, -0.2) is 4.98 Å². The molecule has 3 rings (SSSR count). The van der Waals surface area contributed by atoms with Crippen molar-refractivity contribution in [3.05, 3.63) is 54.2 Å². The topological polar surface area (TPSA) is 28.2 Å². The molecule has 17 heavy (non-hydrogen) atoms. The van der Waals surface area contributed by atoms with Gasteiger partial charge in [0.05, 0.1) is 5.69 Å². The van der Waals surface area contributed by atoms with Gasteiger partial charge < -0.3 is 10.2 Å². The Morgan fingerprint density at radius 3 is 2.88 bits per heavy atom. The summed E-state index contributed by atoms with van der Waals surface area (Å²) < 4.78 is 0. The molecule has 1 N–H and O–H groups in total. The Morgan fingerprint density at radius 2 is 2.00 bits per heavy atom. The van der Waals surface area contributed by atoms with Crippen molar-refractivity contribution >= 4 is 11.5 Å². The fourth-order valence-electron chi connectivity index (χ4n) is 2.19. The lowest BCUT2D eigenvalue weighted by molar-refractivity contribution is 0.780. The fourth-order valence-corrected chi connectivity index (χ4v) is 2.19. The Bertz CT molecular complexity index is 496. The lowest BCUT2D eigenvalue weighted by Gasteiger charge is -2.31. The molecular formula is C14H15N3. The van der Waals surface area contributed by atoms with Crippen molar-refractivity contribution in [2.75, 3.05) is 23.3 Å². The standard InChI is InChI=1S/C14H15N3/c1-2-5-12(6-3-1)11-17-10-9-16-14-13(17)7-4-8-15-14/h1-8H,9-11H2,(H,15,16). The van der Waals surface area contributed by atoms with Crippen LogP contribution < -0.4 is 10.2 Å². The molecule has 0 spiro atoms. The lowest BCUT2D eigenvalue weighted by Crippen LogP contribution is -2.33. The highest BCUT2D eigenvalue weighted by Gasteiger charge is 2.16. The van der Waals surface area contributed by atoms with E-state index in [1.807, 2.05) is 12.3 Å². The lowest BCUT2D eigenvalue weighted by atomic mass is 10.2. The summed E-state index contributed by atoms with van der Waals surface area (Å²) in [5.74, 6) is 0.995. The van der Waals surface area contributed by atoms with Crippen LogP contribution in [-0.4, -0.2) is 18.1 Å². The van der Waals surface area contributed by atoms with Crippen molar-refractivity contribution in [1.29, 1.82) is 0 Å². The summed E-state index contributed by atoms with van der Waals surface area (Å²) in [5.41, 5.74) is 2.53. The third-order valence-electron chi connectivity index (χ3n) is 3.02. The molecule has 0 bridgehead atoms. The molecule has 0 radical (unpaired) electrons. The molecule has 1 aromatic carbocycles. The second-order valence-electron chi connectivity index (χ2n) is 4.21. The summed E-state index contributed by atoms with van der Waals surface area (Å²) >= 11 is 0. The SMILES string of the molecule is c1ccc(CN2CCNc3ncccc32)cc1. The summed E-state index contributed by atoms with van der Waals surface area (Å²) in [4.78, 5) is 6.73. The Labute approximate surface area is 101 Å². The highest BCUT2D eigenvalue weighted by atomic mass is 15.2. The van der Waals surface area contributed by atoms with Gasteiger partial charge in [0.15, 0.2) is 0 Å². The molecular weight excluding hydrogens is 210 g/mol. The van der Waals surface area contributed by atoms with E-state index in [1.165, 1.54) is 11.3 Å². The minimum atomic E-state index is 0.946. The fraction of sp³-hybridized carbons (Fsp3) is 0.214. The Balaban J connectivity index is 1.86. The normalized spacial score (nSPS) is 14.0. The van der Waals surface area contributed by atoms with Crippen LogP contribution in [0, 0.1) is 0 Å². The van der Waals surface area contributed by atoms with Crippen LogP contribution in [0.2, 0.25) is 0 Å². The molecule has 0 aliphatic carbocycles. The van der Waals surface area contributed by atoms with Crippen LogP contribution in [-0.2, 0) is 6.54 Å². The molecule has 0 unspecified atom stereocenters. The van der Waals surface area contributed by atoms with E-state index in [9.17, 15) is 0 Å². The van der Waals surface area contributed by atoms with E-state index < -0.39 is 0 Å². The Hall–Kier alpha value is -2.03.